The van der Waals surface area contributed by atoms with Crippen molar-refractivity contribution >= 4 is 35.1 Å². The highest BCUT2D eigenvalue weighted by Crippen LogP contribution is 2.27. The van der Waals surface area contributed by atoms with Gasteiger partial charge in [0.1, 0.15) is 5.54 Å². The highest BCUT2D eigenvalue weighted by molar-refractivity contribution is 6.32. The van der Waals surface area contributed by atoms with Gasteiger partial charge in [-0.1, -0.05) is 11.6 Å². The Kier molecular flexibility index (Phi) is 5.33. The normalized spacial score (nSPS) is 22.7. The van der Waals surface area contributed by atoms with E-state index in [0.717, 1.165) is 34.9 Å². The first-order valence-corrected chi connectivity index (χ1v) is 9.50. The van der Waals surface area contributed by atoms with Gasteiger partial charge in [-0.15, -0.1) is 0 Å². The zero-order valence-electron chi connectivity index (χ0n) is 15.9. The molecule has 0 unspecified atom stereocenters. The van der Waals surface area contributed by atoms with Crippen LogP contribution in [0.25, 0.3) is 0 Å². The Morgan fingerprint density at radius 2 is 1.74 bits per heavy atom. The number of benzene rings is 1. The molecule has 7 nitrogen and oxygen atoms in total. The molecule has 146 valence electrons. The van der Waals surface area contributed by atoms with Crippen LogP contribution in [-0.2, 0) is 9.59 Å². The third-order valence-electron chi connectivity index (χ3n) is 5.38. The van der Waals surface area contributed by atoms with Crippen molar-refractivity contribution in [2.45, 2.75) is 39.2 Å². The van der Waals surface area contributed by atoms with E-state index in [1.165, 1.54) is 0 Å². The van der Waals surface area contributed by atoms with Crippen LogP contribution in [0.1, 0.15) is 30.9 Å². The van der Waals surface area contributed by atoms with Crippen LogP contribution >= 0.6 is 11.6 Å². The predicted molar refractivity (Wildman–Crippen MR) is 104 cm³/mol. The van der Waals surface area contributed by atoms with Gasteiger partial charge in [0.15, 0.2) is 0 Å². The lowest BCUT2D eigenvalue weighted by atomic mass is 9.96. The van der Waals surface area contributed by atoms with Crippen molar-refractivity contribution in [3.63, 3.8) is 0 Å². The molecule has 1 aromatic carbocycles. The molecule has 27 heavy (non-hydrogen) atoms. The summed E-state index contributed by atoms with van der Waals surface area (Å²) in [4.78, 5) is 39.7. The first-order valence-electron chi connectivity index (χ1n) is 9.13. The molecule has 0 saturated carbocycles. The molecular formula is C19H25ClN4O3. The van der Waals surface area contributed by atoms with E-state index in [1.807, 2.05) is 18.7 Å². The molecule has 2 heterocycles. The van der Waals surface area contributed by atoms with Gasteiger partial charge in [-0.3, -0.25) is 14.9 Å². The van der Waals surface area contributed by atoms with Gasteiger partial charge in [0.2, 0.25) is 5.91 Å². The Labute approximate surface area is 164 Å². The number of nitrogens with one attached hydrogen (secondary N) is 2. The average Bonchev–Trinajstić information content (AvgIpc) is 2.89. The lowest BCUT2D eigenvalue weighted by Gasteiger charge is -2.37. The molecule has 1 atom stereocenters. The van der Waals surface area contributed by atoms with E-state index >= 15 is 0 Å². The number of carbonyl (C=O) groups excluding carboxylic acids is 3. The van der Waals surface area contributed by atoms with Gasteiger partial charge in [0.25, 0.3) is 5.91 Å². The number of nitrogens with zero attached hydrogens (tertiary/aromatic N) is 2. The number of rotatable bonds is 4. The first-order chi connectivity index (χ1) is 12.7. The Bertz CT molecular complexity index is 766. The van der Waals surface area contributed by atoms with Crippen molar-refractivity contribution in [1.29, 1.82) is 0 Å². The van der Waals surface area contributed by atoms with Crippen molar-refractivity contribution in [2.24, 2.45) is 0 Å². The number of hydrogen-bond donors (Lipinski definition) is 2. The standard InChI is InChI=1S/C19H25ClN4O3/c1-12-10-14(11-13(2)16(12)20)23-6-8-24(9-7-23)15(25)4-5-19(3)17(26)21-18(27)22-19/h10-11H,4-9H2,1-3H3,(H2,21,22,26,27)/t19-/m1/s1. The van der Waals surface area contributed by atoms with Crippen LogP contribution < -0.4 is 15.5 Å². The van der Waals surface area contributed by atoms with Crippen LogP contribution in [-0.4, -0.2) is 54.5 Å². The SMILES string of the molecule is Cc1cc(N2CCN(C(=O)CC[C@@]3(C)NC(=O)NC3=O)CC2)cc(C)c1Cl. The number of amides is 4. The smallest absolute Gasteiger partial charge is 0.322 e. The number of aryl methyl sites for hydroxylation is 2. The summed E-state index contributed by atoms with van der Waals surface area (Å²) in [7, 11) is 0. The highest BCUT2D eigenvalue weighted by Gasteiger charge is 2.42. The molecule has 0 spiro atoms. The number of hydrogen-bond acceptors (Lipinski definition) is 4. The average molecular weight is 393 g/mol. The van der Waals surface area contributed by atoms with Crippen LogP contribution in [0.3, 0.4) is 0 Å². The van der Waals surface area contributed by atoms with Crippen molar-refractivity contribution in [3.05, 3.63) is 28.3 Å². The van der Waals surface area contributed by atoms with Crippen LogP contribution in [0.5, 0.6) is 0 Å². The summed E-state index contributed by atoms with van der Waals surface area (Å²) in [6, 6.07) is 3.65. The van der Waals surface area contributed by atoms with Gasteiger partial charge in [-0.2, -0.15) is 0 Å². The molecule has 0 aromatic heterocycles. The monoisotopic (exact) mass is 392 g/mol. The highest BCUT2D eigenvalue weighted by atomic mass is 35.5. The fraction of sp³-hybridized carbons (Fsp3) is 0.526. The van der Waals surface area contributed by atoms with Gasteiger partial charge in [0, 0.05) is 43.3 Å². The zero-order valence-corrected chi connectivity index (χ0v) is 16.7. The summed E-state index contributed by atoms with van der Waals surface area (Å²) < 4.78 is 0. The van der Waals surface area contributed by atoms with E-state index in [4.69, 9.17) is 11.6 Å². The van der Waals surface area contributed by atoms with E-state index < -0.39 is 11.6 Å². The number of urea groups is 1. The molecule has 2 fully saturated rings. The lowest BCUT2D eigenvalue weighted by molar-refractivity contribution is -0.132. The second kappa shape index (κ2) is 7.38. The van der Waals surface area contributed by atoms with E-state index in [1.54, 1.807) is 6.92 Å². The molecule has 3 rings (SSSR count). The minimum Gasteiger partial charge on any atom is -0.368 e. The minimum absolute atomic E-state index is 0.00768. The quantitative estimate of drug-likeness (QED) is 0.768. The number of halogens is 1. The van der Waals surface area contributed by atoms with Crippen molar-refractivity contribution in [2.75, 3.05) is 31.1 Å². The number of carbonyl (C=O) groups is 3. The summed E-state index contributed by atoms with van der Waals surface area (Å²) in [6.45, 7) is 8.41. The number of piperazine rings is 1. The van der Waals surface area contributed by atoms with Gasteiger partial charge in [-0.25, -0.2) is 4.79 Å². The van der Waals surface area contributed by atoms with E-state index in [-0.39, 0.29) is 18.2 Å². The molecule has 1 aromatic rings. The molecule has 2 aliphatic heterocycles. The predicted octanol–water partition coefficient (Wildman–Crippen LogP) is 1.98. The molecule has 8 heteroatoms. The second-order valence-electron chi connectivity index (χ2n) is 7.50. The van der Waals surface area contributed by atoms with Crippen LogP contribution in [0.15, 0.2) is 12.1 Å². The molecule has 2 saturated heterocycles. The van der Waals surface area contributed by atoms with Gasteiger partial charge >= 0.3 is 6.03 Å². The Morgan fingerprint density at radius 1 is 1.15 bits per heavy atom. The van der Waals surface area contributed by atoms with Gasteiger partial charge in [0.05, 0.1) is 0 Å². The van der Waals surface area contributed by atoms with E-state index in [2.05, 4.69) is 27.7 Å². The van der Waals surface area contributed by atoms with Crippen LogP contribution in [0.2, 0.25) is 5.02 Å². The van der Waals surface area contributed by atoms with E-state index in [0.29, 0.717) is 19.5 Å². The Hall–Kier alpha value is -2.28. The zero-order chi connectivity index (χ0) is 19.8. The maximum atomic E-state index is 12.5. The minimum atomic E-state index is -1.01. The Morgan fingerprint density at radius 3 is 2.26 bits per heavy atom. The molecule has 0 bridgehead atoms. The second-order valence-corrected chi connectivity index (χ2v) is 7.88. The number of anilines is 1. The fourth-order valence-corrected chi connectivity index (χ4v) is 3.70. The van der Waals surface area contributed by atoms with Crippen LogP contribution in [0, 0.1) is 13.8 Å². The molecule has 4 amide bonds. The molecular weight excluding hydrogens is 368 g/mol. The van der Waals surface area contributed by atoms with Gasteiger partial charge < -0.3 is 15.1 Å². The third-order valence-corrected chi connectivity index (χ3v) is 5.97. The fourth-order valence-electron chi connectivity index (χ4n) is 3.59. The topological polar surface area (TPSA) is 81.8 Å². The lowest BCUT2D eigenvalue weighted by Crippen LogP contribution is -2.50. The van der Waals surface area contributed by atoms with E-state index in [9.17, 15) is 14.4 Å². The van der Waals surface area contributed by atoms with Crippen molar-refractivity contribution in [1.82, 2.24) is 15.5 Å². The maximum Gasteiger partial charge on any atom is 0.322 e. The largest absolute Gasteiger partial charge is 0.368 e. The maximum absolute atomic E-state index is 12.5. The summed E-state index contributed by atoms with van der Waals surface area (Å²) in [5.41, 5.74) is 2.22. The summed E-state index contributed by atoms with van der Waals surface area (Å²) in [5, 5.41) is 5.61. The van der Waals surface area contributed by atoms with Crippen molar-refractivity contribution < 1.29 is 14.4 Å². The molecule has 0 aliphatic carbocycles. The third kappa shape index (κ3) is 4.03. The Balaban J connectivity index is 1.54. The summed E-state index contributed by atoms with van der Waals surface area (Å²) in [5.74, 6) is -0.369. The van der Waals surface area contributed by atoms with Gasteiger partial charge in [-0.05, 0) is 50.5 Å². The molecule has 2 aliphatic rings. The van der Waals surface area contributed by atoms with Crippen LogP contribution in [0.4, 0.5) is 10.5 Å². The summed E-state index contributed by atoms with van der Waals surface area (Å²) in [6.07, 6.45) is 0.516. The van der Waals surface area contributed by atoms with Crippen molar-refractivity contribution in [3.8, 4) is 0 Å². The molecule has 0 radical (unpaired) electrons. The first kappa shape index (κ1) is 19.5. The molecule has 2 N–H and O–H groups in total. The number of imide groups is 1. The summed E-state index contributed by atoms with van der Waals surface area (Å²) >= 11 is 6.25.